The number of fused-ring (bicyclic) bond motifs is 1. The summed E-state index contributed by atoms with van der Waals surface area (Å²) in [6.07, 6.45) is 0. The van der Waals surface area contributed by atoms with E-state index in [4.69, 9.17) is 4.42 Å². The Morgan fingerprint density at radius 3 is 2.39 bits per heavy atom. The molecule has 98 valence electrons. The summed E-state index contributed by atoms with van der Waals surface area (Å²) in [5.41, 5.74) is 1.75. The third-order valence-electron chi connectivity index (χ3n) is 3.50. The zero-order chi connectivity index (χ0) is 13.1. The van der Waals surface area contributed by atoms with Crippen molar-refractivity contribution >= 4 is 17.1 Å². The van der Waals surface area contributed by atoms with E-state index in [1.165, 1.54) is 0 Å². The van der Waals surface area contributed by atoms with Crippen LogP contribution in [0.5, 0.6) is 0 Å². The van der Waals surface area contributed by atoms with Crippen molar-refractivity contribution in [3.63, 3.8) is 0 Å². The number of oxazole rings is 1. The van der Waals surface area contributed by atoms with Gasteiger partial charge in [-0.3, -0.25) is 0 Å². The molecule has 2 rings (SSSR count). The zero-order valence-electron chi connectivity index (χ0n) is 11.6. The molecule has 0 aliphatic carbocycles. The van der Waals surface area contributed by atoms with Gasteiger partial charge in [0, 0.05) is 6.54 Å². The van der Waals surface area contributed by atoms with Gasteiger partial charge in [0.1, 0.15) is 5.52 Å². The van der Waals surface area contributed by atoms with E-state index in [-0.39, 0.29) is 0 Å². The Bertz CT molecular complexity index is 461. The lowest BCUT2D eigenvalue weighted by Gasteiger charge is -2.24. The van der Waals surface area contributed by atoms with E-state index < -0.39 is 0 Å². The lowest BCUT2D eigenvalue weighted by atomic mass is 9.85. The second-order valence-electron chi connectivity index (χ2n) is 5.52. The highest BCUT2D eigenvalue weighted by atomic mass is 16.4. The third-order valence-corrected chi connectivity index (χ3v) is 3.50. The lowest BCUT2D eigenvalue weighted by Crippen LogP contribution is -2.24. The Labute approximate surface area is 109 Å². The van der Waals surface area contributed by atoms with Crippen molar-refractivity contribution in [3.05, 3.63) is 24.3 Å². The summed E-state index contributed by atoms with van der Waals surface area (Å²) in [6, 6.07) is 8.46. The molecule has 0 atom stereocenters. The van der Waals surface area contributed by atoms with Gasteiger partial charge < -0.3 is 9.73 Å². The molecule has 0 saturated carbocycles. The van der Waals surface area contributed by atoms with Gasteiger partial charge in [0.25, 0.3) is 6.01 Å². The second kappa shape index (κ2) is 5.42. The van der Waals surface area contributed by atoms with Crippen LogP contribution in [0.15, 0.2) is 28.7 Å². The van der Waals surface area contributed by atoms with Crippen molar-refractivity contribution in [1.82, 2.24) is 4.98 Å². The lowest BCUT2D eigenvalue weighted by molar-refractivity contribution is 0.302. The highest BCUT2D eigenvalue weighted by molar-refractivity contribution is 5.74. The number of nitrogens with zero attached hydrogens (tertiary/aromatic N) is 1. The van der Waals surface area contributed by atoms with Crippen LogP contribution in [0, 0.1) is 17.8 Å². The summed E-state index contributed by atoms with van der Waals surface area (Å²) in [4.78, 5) is 4.43. The van der Waals surface area contributed by atoms with Crippen LogP contribution in [0.25, 0.3) is 11.1 Å². The molecule has 0 amide bonds. The van der Waals surface area contributed by atoms with E-state index in [0.29, 0.717) is 23.8 Å². The SMILES string of the molecule is CC(C)C(CNc1nc2ccccc2o1)C(C)C. The molecule has 1 aromatic heterocycles. The molecule has 0 spiro atoms. The molecule has 0 saturated heterocycles. The number of benzene rings is 1. The number of hydrogen-bond acceptors (Lipinski definition) is 3. The van der Waals surface area contributed by atoms with Crippen molar-refractivity contribution in [1.29, 1.82) is 0 Å². The Morgan fingerprint density at radius 1 is 1.11 bits per heavy atom. The average Bonchev–Trinajstić information content (AvgIpc) is 2.70. The highest BCUT2D eigenvalue weighted by Crippen LogP contribution is 2.23. The molecule has 0 fully saturated rings. The first kappa shape index (κ1) is 12.9. The minimum Gasteiger partial charge on any atom is -0.424 e. The second-order valence-corrected chi connectivity index (χ2v) is 5.52. The summed E-state index contributed by atoms with van der Waals surface area (Å²) in [5, 5.41) is 3.32. The van der Waals surface area contributed by atoms with Gasteiger partial charge in [-0.15, -0.1) is 0 Å². The molecule has 0 bridgehead atoms. The predicted molar refractivity (Wildman–Crippen MR) is 75.7 cm³/mol. The summed E-state index contributed by atoms with van der Waals surface area (Å²) in [6.45, 7) is 9.95. The molecule has 0 aliphatic heterocycles. The number of nitrogens with one attached hydrogen (secondary N) is 1. The number of aromatic nitrogens is 1. The van der Waals surface area contributed by atoms with E-state index in [1.54, 1.807) is 0 Å². The fourth-order valence-electron chi connectivity index (χ4n) is 2.39. The van der Waals surface area contributed by atoms with Crippen LogP contribution in [0.2, 0.25) is 0 Å². The van der Waals surface area contributed by atoms with Crippen LogP contribution < -0.4 is 5.32 Å². The van der Waals surface area contributed by atoms with E-state index >= 15 is 0 Å². The van der Waals surface area contributed by atoms with Gasteiger partial charge >= 0.3 is 0 Å². The fraction of sp³-hybridized carbons (Fsp3) is 0.533. The molecular formula is C15H22N2O. The molecule has 0 aliphatic rings. The van der Waals surface area contributed by atoms with Crippen molar-refractivity contribution in [2.75, 3.05) is 11.9 Å². The van der Waals surface area contributed by atoms with Gasteiger partial charge in [-0.1, -0.05) is 39.8 Å². The molecule has 2 aromatic rings. The minimum atomic E-state index is 0.625. The Hall–Kier alpha value is -1.51. The van der Waals surface area contributed by atoms with Gasteiger partial charge in [-0.25, -0.2) is 0 Å². The summed E-state index contributed by atoms with van der Waals surface area (Å²) >= 11 is 0. The van der Waals surface area contributed by atoms with Crippen molar-refractivity contribution in [2.24, 2.45) is 17.8 Å². The summed E-state index contributed by atoms with van der Waals surface area (Å²) < 4.78 is 5.66. The first-order valence-corrected chi connectivity index (χ1v) is 6.67. The van der Waals surface area contributed by atoms with Gasteiger partial charge in [0.15, 0.2) is 5.58 Å². The van der Waals surface area contributed by atoms with Gasteiger partial charge in [-0.2, -0.15) is 4.98 Å². The van der Waals surface area contributed by atoms with E-state index in [9.17, 15) is 0 Å². The van der Waals surface area contributed by atoms with E-state index in [1.807, 2.05) is 24.3 Å². The molecule has 18 heavy (non-hydrogen) atoms. The molecule has 3 nitrogen and oxygen atoms in total. The van der Waals surface area contributed by atoms with E-state index in [2.05, 4.69) is 38.0 Å². The zero-order valence-corrected chi connectivity index (χ0v) is 11.6. The maximum absolute atomic E-state index is 5.66. The van der Waals surface area contributed by atoms with Crippen molar-refractivity contribution < 1.29 is 4.42 Å². The van der Waals surface area contributed by atoms with Crippen LogP contribution in [-0.4, -0.2) is 11.5 Å². The monoisotopic (exact) mass is 246 g/mol. The van der Waals surface area contributed by atoms with Crippen LogP contribution in [0.1, 0.15) is 27.7 Å². The van der Waals surface area contributed by atoms with E-state index in [0.717, 1.165) is 17.6 Å². The number of hydrogen-bond donors (Lipinski definition) is 1. The number of para-hydroxylation sites is 2. The predicted octanol–water partition coefficient (Wildman–Crippen LogP) is 4.17. The summed E-state index contributed by atoms with van der Waals surface area (Å²) in [7, 11) is 0. The quantitative estimate of drug-likeness (QED) is 0.860. The smallest absolute Gasteiger partial charge is 0.295 e. The van der Waals surface area contributed by atoms with Crippen molar-refractivity contribution in [3.8, 4) is 0 Å². The van der Waals surface area contributed by atoms with Crippen LogP contribution >= 0.6 is 0 Å². The molecular weight excluding hydrogens is 224 g/mol. The Morgan fingerprint density at radius 2 is 1.78 bits per heavy atom. The van der Waals surface area contributed by atoms with Gasteiger partial charge in [0.05, 0.1) is 0 Å². The standard InChI is InChI=1S/C15H22N2O/c1-10(2)12(11(3)4)9-16-15-17-13-7-5-6-8-14(13)18-15/h5-8,10-12H,9H2,1-4H3,(H,16,17). The number of rotatable bonds is 5. The van der Waals surface area contributed by atoms with Gasteiger partial charge in [0.2, 0.25) is 0 Å². The van der Waals surface area contributed by atoms with Crippen molar-refractivity contribution in [2.45, 2.75) is 27.7 Å². The average molecular weight is 246 g/mol. The number of anilines is 1. The topological polar surface area (TPSA) is 38.1 Å². The maximum Gasteiger partial charge on any atom is 0.295 e. The Kier molecular flexibility index (Phi) is 3.90. The molecule has 1 heterocycles. The maximum atomic E-state index is 5.66. The van der Waals surface area contributed by atoms with Crippen LogP contribution in [0.3, 0.4) is 0 Å². The Balaban J connectivity index is 2.05. The first-order chi connectivity index (χ1) is 8.58. The van der Waals surface area contributed by atoms with Gasteiger partial charge in [-0.05, 0) is 29.9 Å². The normalized spacial score (nSPS) is 11.9. The highest BCUT2D eigenvalue weighted by Gasteiger charge is 2.18. The largest absolute Gasteiger partial charge is 0.424 e. The van der Waals surface area contributed by atoms with Crippen LogP contribution in [0.4, 0.5) is 6.01 Å². The third kappa shape index (κ3) is 2.84. The molecule has 1 N–H and O–H groups in total. The fourth-order valence-corrected chi connectivity index (χ4v) is 2.39. The minimum absolute atomic E-state index is 0.625. The first-order valence-electron chi connectivity index (χ1n) is 6.67. The summed E-state index contributed by atoms with van der Waals surface area (Å²) in [5.74, 6) is 1.93. The molecule has 0 unspecified atom stereocenters. The molecule has 1 aromatic carbocycles. The molecule has 3 heteroatoms. The molecule has 0 radical (unpaired) electrons. The van der Waals surface area contributed by atoms with Crippen LogP contribution in [-0.2, 0) is 0 Å².